The second-order valence-corrected chi connectivity index (χ2v) is 4.92. The fourth-order valence-electron chi connectivity index (χ4n) is 1.37. The first-order chi connectivity index (χ1) is 6.25. The topological polar surface area (TPSA) is 37.3 Å². The third-order valence-corrected chi connectivity index (χ3v) is 3.81. The number of carbonyl (C=O) groups is 1. The van der Waals surface area contributed by atoms with Crippen LogP contribution in [0.2, 0.25) is 0 Å². The van der Waals surface area contributed by atoms with Crippen molar-refractivity contribution in [2.75, 3.05) is 5.75 Å². The van der Waals surface area contributed by atoms with Gasteiger partial charge in [0.15, 0.2) is 0 Å². The van der Waals surface area contributed by atoms with Gasteiger partial charge in [-0.3, -0.25) is 4.79 Å². The van der Waals surface area contributed by atoms with Crippen molar-refractivity contribution in [2.45, 2.75) is 44.3 Å². The summed E-state index contributed by atoms with van der Waals surface area (Å²) in [6.07, 6.45) is 5.85. The number of aliphatic carboxylic acids is 1. The summed E-state index contributed by atoms with van der Waals surface area (Å²) in [7, 11) is 0. The fraction of sp³-hybridized carbons (Fsp3) is 0.900. The Hall–Kier alpha value is -0.180. The van der Waals surface area contributed by atoms with E-state index in [4.69, 9.17) is 5.11 Å². The summed E-state index contributed by atoms with van der Waals surface area (Å²) >= 11 is 1.64. The Balaban J connectivity index is 2.11. The molecule has 1 unspecified atom stereocenters. The Morgan fingerprint density at radius 3 is 2.69 bits per heavy atom. The van der Waals surface area contributed by atoms with Crippen LogP contribution in [0.5, 0.6) is 0 Å². The summed E-state index contributed by atoms with van der Waals surface area (Å²) in [6.45, 7) is 2.17. The molecule has 2 nitrogen and oxygen atoms in total. The third kappa shape index (κ3) is 4.03. The molecule has 1 rings (SSSR count). The average molecular weight is 202 g/mol. The number of hydrogen-bond acceptors (Lipinski definition) is 2. The van der Waals surface area contributed by atoms with Gasteiger partial charge in [-0.1, -0.05) is 19.8 Å². The van der Waals surface area contributed by atoms with Gasteiger partial charge in [-0.25, -0.2) is 0 Å². The minimum atomic E-state index is -0.607. The summed E-state index contributed by atoms with van der Waals surface area (Å²) in [5, 5.41) is 8.81. The lowest BCUT2D eigenvalue weighted by Gasteiger charge is -2.09. The predicted molar refractivity (Wildman–Crippen MR) is 56.1 cm³/mol. The molecule has 1 atom stereocenters. The van der Waals surface area contributed by atoms with Crippen molar-refractivity contribution in [2.24, 2.45) is 5.92 Å². The monoisotopic (exact) mass is 202 g/mol. The van der Waals surface area contributed by atoms with E-state index >= 15 is 0 Å². The molecule has 1 aliphatic rings. The first kappa shape index (κ1) is 10.9. The van der Waals surface area contributed by atoms with Gasteiger partial charge in [-0.15, -0.1) is 11.8 Å². The Labute approximate surface area is 84.1 Å². The molecule has 0 radical (unpaired) electrons. The Bertz CT molecular complexity index is 166. The van der Waals surface area contributed by atoms with Crippen molar-refractivity contribution in [1.82, 2.24) is 0 Å². The van der Waals surface area contributed by atoms with Crippen molar-refractivity contribution in [1.29, 1.82) is 0 Å². The Morgan fingerprint density at radius 2 is 2.23 bits per heavy atom. The molecular formula is C10H18O2S. The molecule has 1 N–H and O–H groups in total. The van der Waals surface area contributed by atoms with Crippen LogP contribution < -0.4 is 0 Å². The highest BCUT2D eigenvalue weighted by Gasteiger charge is 2.36. The van der Waals surface area contributed by atoms with Gasteiger partial charge in [0.2, 0.25) is 0 Å². The van der Waals surface area contributed by atoms with Gasteiger partial charge in [-0.2, -0.15) is 0 Å². The van der Waals surface area contributed by atoms with E-state index in [-0.39, 0.29) is 5.25 Å². The van der Waals surface area contributed by atoms with Crippen LogP contribution in [0.4, 0.5) is 0 Å². The molecule has 1 fully saturated rings. The van der Waals surface area contributed by atoms with Crippen molar-refractivity contribution >= 4 is 17.7 Å². The van der Waals surface area contributed by atoms with E-state index in [1.807, 2.05) is 0 Å². The van der Waals surface area contributed by atoms with Crippen molar-refractivity contribution in [3.05, 3.63) is 0 Å². The highest BCUT2D eigenvalue weighted by molar-refractivity contribution is 8.00. The number of hydrogen-bond donors (Lipinski definition) is 1. The second-order valence-electron chi connectivity index (χ2n) is 3.67. The molecular weight excluding hydrogens is 184 g/mol. The van der Waals surface area contributed by atoms with E-state index in [9.17, 15) is 4.79 Å². The highest BCUT2D eigenvalue weighted by atomic mass is 32.2. The van der Waals surface area contributed by atoms with Crippen LogP contribution in [0.25, 0.3) is 0 Å². The summed E-state index contributed by atoms with van der Waals surface area (Å²) in [6, 6.07) is 0. The molecule has 13 heavy (non-hydrogen) atoms. The molecule has 1 saturated carbocycles. The smallest absolute Gasteiger partial charge is 0.316 e. The minimum absolute atomic E-state index is 0.114. The van der Waals surface area contributed by atoms with Gasteiger partial charge in [0.25, 0.3) is 0 Å². The van der Waals surface area contributed by atoms with E-state index in [0.29, 0.717) is 5.92 Å². The average Bonchev–Trinajstić information content (AvgIpc) is 2.87. The summed E-state index contributed by atoms with van der Waals surface area (Å²) in [5.41, 5.74) is 0. The molecule has 0 saturated heterocycles. The van der Waals surface area contributed by atoms with E-state index in [1.165, 1.54) is 12.8 Å². The lowest BCUT2D eigenvalue weighted by molar-refractivity contribution is -0.136. The number of carboxylic acid groups (broad SMARTS) is 1. The normalized spacial score (nSPS) is 18.5. The van der Waals surface area contributed by atoms with Crippen LogP contribution in [0, 0.1) is 5.92 Å². The van der Waals surface area contributed by atoms with Gasteiger partial charge in [0.05, 0.1) is 0 Å². The molecule has 0 aliphatic heterocycles. The van der Waals surface area contributed by atoms with E-state index < -0.39 is 5.97 Å². The first-order valence-corrected chi connectivity index (χ1v) is 6.15. The molecule has 0 aromatic carbocycles. The molecule has 0 bridgehead atoms. The largest absolute Gasteiger partial charge is 0.480 e. The lowest BCUT2D eigenvalue weighted by atomic mass is 10.3. The lowest BCUT2D eigenvalue weighted by Crippen LogP contribution is -2.19. The molecule has 0 aromatic heterocycles. The van der Waals surface area contributed by atoms with Crippen LogP contribution in [0.15, 0.2) is 0 Å². The van der Waals surface area contributed by atoms with Gasteiger partial charge < -0.3 is 5.11 Å². The zero-order chi connectivity index (χ0) is 9.68. The Morgan fingerprint density at radius 1 is 1.54 bits per heavy atom. The number of rotatable bonds is 7. The van der Waals surface area contributed by atoms with E-state index in [2.05, 4.69) is 6.92 Å². The van der Waals surface area contributed by atoms with Gasteiger partial charge in [-0.05, 0) is 30.9 Å². The van der Waals surface area contributed by atoms with E-state index in [1.54, 1.807) is 11.8 Å². The molecule has 76 valence electrons. The fourth-order valence-corrected chi connectivity index (χ4v) is 2.68. The SMILES string of the molecule is CCCCCSC(C(=O)O)C1CC1. The third-order valence-electron chi connectivity index (χ3n) is 2.34. The molecule has 0 amide bonds. The summed E-state index contributed by atoms with van der Waals surface area (Å²) in [5.74, 6) is 0.884. The Kier molecular flexibility index (Phi) is 4.64. The van der Waals surface area contributed by atoms with Crippen molar-refractivity contribution in [3.8, 4) is 0 Å². The maximum Gasteiger partial charge on any atom is 0.316 e. The van der Waals surface area contributed by atoms with E-state index in [0.717, 1.165) is 25.0 Å². The van der Waals surface area contributed by atoms with Crippen LogP contribution >= 0.6 is 11.8 Å². The summed E-state index contributed by atoms with van der Waals surface area (Å²) in [4.78, 5) is 10.8. The highest BCUT2D eigenvalue weighted by Crippen LogP contribution is 2.39. The maximum absolute atomic E-state index is 10.8. The standard InChI is InChI=1S/C10H18O2S/c1-2-3-4-7-13-9(10(11)12)8-5-6-8/h8-9H,2-7H2,1H3,(H,11,12). The molecule has 1 aliphatic carbocycles. The zero-order valence-electron chi connectivity index (χ0n) is 8.16. The predicted octanol–water partition coefficient (Wildman–Crippen LogP) is 2.77. The van der Waals surface area contributed by atoms with Gasteiger partial charge in [0, 0.05) is 0 Å². The van der Waals surface area contributed by atoms with Crippen LogP contribution in [0.3, 0.4) is 0 Å². The quantitative estimate of drug-likeness (QED) is 0.645. The van der Waals surface area contributed by atoms with Crippen molar-refractivity contribution in [3.63, 3.8) is 0 Å². The maximum atomic E-state index is 10.8. The molecule has 0 aromatic rings. The first-order valence-electron chi connectivity index (χ1n) is 5.10. The van der Waals surface area contributed by atoms with Crippen LogP contribution in [-0.4, -0.2) is 22.1 Å². The van der Waals surface area contributed by atoms with Crippen LogP contribution in [0.1, 0.15) is 39.0 Å². The molecule has 0 heterocycles. The number of carboxylic acids is 1. The second kappa shape index (κ2) is 5.53. The van der Waals surface area contributed by atoms with Gasteiger partial charge >= 0.3 is 5.97 Å². The number of unbranched alkanes of at least 4 members (excludes halogenated alkanes) is 2. The number of thioether (sulfide) groups is 1. The molecule has 0 spiro atoms. The zero-order valence-corrected chi connectivity index (χ0v) is 8.98. The van der Waals surface area contributed by atoms with Gasteiger partial charge in [0.1, 0.15) is 5.25 Å². The minimum Gasteiger partial charge on any atom is -0.480 e. The summed E-state index contributed by atoms with van der Waals surface area (Å²) < 4.78 is 0. The molecule has 3 heteroatoms. The van der Waals surface area contributed by atoms with Crippen molar-refractivity contribution < 1.29 is 9.90 Å². The van der Waals surface area contributed by atoms with Crippen LogP contribution in [-0.2, 0) is 4.79 Å².